The molecule has 0 bridgehead atoms. The van der Waals surface area contributed by atoms with Crippen LogP contribution in [-0.4, -0.2) is 42.9 Å². The number of aromatic nitrogens is 4. The molecule has 0 saturated heterocycles. The Balaban J connectivity index is 1.27. The number of nitrogens with one attached hydrogen (secondary N) is 2. The molecule has 5 rings (SSSR count). The first-order valence-corrected chi connectivity index (χ1v) is 13.8. The van der Waals surface area contributed by atoms with Crippen molar-refractivity contribution in [2.45, 2.75) is 89.8 Å². The van der Waals surface area contributed by atoms with Crippen LogP contribution in [-0.2, 0) is 0 Å². The van der Waals surface area contributed by atoms with Crippen LogP contribution in [0.3, 0.4) is 0 Å². The number of oxazole rings is 1. The molecule has 1 amide bonds. The minimum Gasteiger partial charge on any atom is -0.444 e. The van der Waals surface area contributed by atoms with E-state index in [-0.39, 0.29) is 29.4 Å². The van der Waals surface area contributed by atoms with E-state index in [0.717, 1.165) is 51.4 Å². The van der Waals surface area contributed by atoms with E-state index in [1.807, 2.05) is 0 Å². The fourth-order valence-electron chi connectivity index (χ4n) is 5.69. The largest absolute Gasteiger partial charge is 0.444 e. The number of hydrogen-bond donors (Lipinski definition) is 3. The summed E-state index contributed by atoms with van der Waals surface area (Å²) in [5.74, 6) is 1.34. The summed E-state index contributed by atoms with van der Waals surface area (Å²) in [5, 5.41) is 20.2. The summed E-state index contributed by atoms with van der Waals surface area (Å²) in [4.78, 5) is 21.5. The maximum Gasteiger partial charge on any atom is 0.284 e. The van der Waals surface area contributed by atoms with E-state index in [4.69, 9.17) is 4.42 Å². The van der Waals surface area contributed by atoms with Crippen LogP contribution in [0.25, 0.3) is 11.5 Å². The Morgan fingerprint density at radius 2 is 1.92 bits per heavy atom. The zero-order valence-electron chi connectivity index (χ0n) is 22.3. The molecule has 0 unspecified atom stereocenters. The van der Waals surface area contributed by atoms with Crippen LogP contribution in [0.4, 0.5) is 20.3 Å². The van der Waals surface area contributed by atoms with Crippen LogP contribution in [0.2, 0.25) is 0 Å². The molecule has 3 aromatic rings. The molecule has 2 saturated carbocycles. The maximum atomic E-state index is 13.8. The van der Waals surface area contributed by atoms with Gasteiger partial charge < -0.3 is 20.2 Å². The van der Waals surface area contributed by atoms with Gasteiger partial charge in [0.2, 0.25) is 5.89 Å². The fourth-order valence-corrected chi connectivity index (χ4v) is 5.69. The molecule has 2 atom stereocenters. The van der Waals surface area contributed by atoms with E-state index in [9.17, 15) is 18.7 Å². The second-order valence-corrected chi connectivity index (χ2v) is 11.0. The third-order valence-corrected chi connectivity index (χ3v) is 8.08. The lowest BCUT2D eigenvalue weighted by Gasteiger charge is -2.30. The number of aliphatic hydroxyl groups is 1. The number of amides is 1. The van der Waals surface area contributed by atoms with E-state index in [1.165, 1.54) is 12.5 Å². The molecule has 2 fully saturated rings. The summed E-state index contributed by atoms with van der Waals surface area (Å²) >= 11 is 0. The smallest absolute Gasteiger partial charge is 0.284 e. The van der Waals surface area contributed by atoms with Crippen molar-refractivity contribution in [1.82, 2.24) is 19.7 Å². The zero-order valence-corrected chi connectivity index (χ0v) is 22.3. The second-order valence-electron chi connectivity index (χ2n) is 11.0. The Morgan fingerprint density at radius 3 is 2.64 bits per heavy atom. The van der Waals surface area contributed by atoms with E-state index in [1.54, 1.807) is 23.0 Å². The van der Waals surface area contributed by atoms with E-state index >= 15 is 0 Å². The van der Waals surface area contributed by atoms with Crippen molar-refractivity contribution in [3.05, 3.63) is 42.2 Å². The van der Waals surface area contributed by atoms with Gasteiger partial charge in [0.25, 0.3) is 12.3 Å². The Labute approximate surface area is 226 Å². The molecule has 39 heavy (non-hydrogen) atoms. The van der Waals surface area contributed by atoms with Crippen LogP contribution < -0.4 is 10.6 Å². The zero-order chi connectivity index (χ0) is 27.5. The van der Waals surface area contributed by atoms with E-state index < -0.39 is 24.1 Å². The average Bonchev–Trinajstić information content (AvgIpc) is 3.59. The summed E-state index contributed by atoms with van der Waals surface area (Å²) in [5.41, 5.74) is 0.0825. The lowest BCUT2D eigenvalue weighted by molar-refractivity contribution is 0.102. The van der Waals surface area contributed by atoms with Gasteiger partial charge in [-0.15, -0.1) is 0 Å². The highest BCUT2D eigenvalue weighted by Crippen LogP contribution is 2.37. The predicted octanol–water partition coefficient (Wildman–Crippen LogP) is 6.23. The lowest BCUT2D eigenvalue weighted by Crippen LogP contribution is -2.36. The van der Waals surface area contributed by atoms with Gasteiger partial charge in [-0.2, -0.15) is 5.10 Å². The molecule has 210 valence electrons. The minimum atomic E-state index is -2.83. The maximum absolute atomic E-state index is 13.8. The fraction of sp³-hybridized carbons (Fsp3) is 0.571. The number of rotatable bonds is 8. The second kappa shape index (κ2) is 11.8. The Hall–Kier alpha value is -3.34. The molecular weight excluding hydrogens is 506 g/mol. The third kappa shape index (κ3) is 6.29. The molecule has 2 aliphatic rings. The van der Waals surface area contributed by atoms with Gasteiger partial charge in [-0.3, -0.25) is 9.48 Å². The molecule has 0 aromatic carbocycles. The van der Waals surface area contributed by atoms with Crippen LogP contribution in [0, 0.1) is 11.8 Å². The number of nitrogens with zero attached hydrogens (tertiary/aromatic N) is 4. The van der Waals surface area contributed by atoms with Crippen molar-refractivity contribution in [3.63, 3.8) is 0 Å². The molecule has 3 N–H and O–H groups in total. The standard InChI is InChI=1S/C28H36F2N6O3/c1-16(2)17-7-9-19(10-8-17)36-14-21(25(35-36)26(29)30)33-27(38)22-15-39-28(34-22)18-11-12-31-24(13-18)32-20-5-3-4-6-23(20)37/h11-17,19-20,23,26,37H,3-10H2,1-2H3,(H,31,32)(H,33,38)/t17?,19?,20-,23+/m1/s1. The number of pyridine rings is 1. The highest BCUT2D eigenvalue weighted by atomic mass is 19.3. The molecule has 3 heterocycles. The number of anilines is 2. The van der Waals surface area contributed by atoms with Crippen molar-refractivity contribution in [2.24, 2.45) is 11.8 Å². The SMILES string of the molecule is CC(C)C1CCC(n2cc(NC(=O)c3coc(-c4ccnc(N[C@@H]5CCCC[C@@H]5O)c4)n3)c(C(F)F)n2)CC1. The van der Waals surface area contributed by atoms with Crippen LogP contribution >= 0.6 is 0 Å². The predicted molar refractivity (Wildman–Crippen MR) is 143 cm³/mol. The summed E-state index contributed by atoms with van der Waals surface area (Å²) in [6.45, 7) is 4.42. The number of aliphatic hydroxyl groups excluding tert-OH is 1. The molecule has 0 aliphatic heterocycles. The Bertz CT molecular complexity index is 1270. The Kier molecular flexibility index (Phi) is 8.25. The number of halogens is 2. The van der Waals surface area contributed by atoms with Gasteiger partial charge in [-0.25, -0.2) is 18.7 Å². The van der Waals surface area contributed by atoms with Crippen molar-refractivity contribution >= 4 is 17.4 Å². The highest BCUT2D eigenvalue weighted by molar-refractivity contribution is 6.03. The monoisotopic (exact) mass is 542 g/mol. The van der Waals surface area contributed by atoms with Gasteiger partial charge in [0.15, 0.2) is 11.4 Å². The molecule has 0 radical (unpaired) electrons. The van der Waals surface area contributed by atoms with Gasteiger partial charge in [0.1, 0.15) is 12.1 Å². The highest BCUT2D eigenvalue weighted by Gasteiger charge is 2.28. The minimum absolute atomic E-state index is 0.0213. The first kappa shape index (κ1) is 27.2. The van der Waals surface area contributed by atoms with Gasteiger partial charge >= 0.3 is 0 Å². The van der Waals surface area contributed by atoms with Crippen molar-refractivity contribution in [3.8, 4) is 11.5 Å². The summed E-state index contributed by atoms with van der Waals surface area (Å²) < 4.78 is 34.7. The normalized spacial score (nSPS) is 23.8. The van der Waals surface area contributed by atoms with E-state index in [2.05, 4.69) is 39.5 Å². The third-order valence-electron chi connectivity index (χ3n) is 8.08. The topological polar surface area (TPSA) is 118 Å². The molecular formula is C28H36F2N6O3. The van der Waals surface area contributed by atoms with Gasteiger partial charge in [-0.1, -0.05) is 26.7 Å². The molecule has 9 nitrogen and oxygen atoms in total. The first-order valence-electron chi connectivity index (χ1n) is 13.8. The summed E-state index contributed by atoms with van der Waals surface area (Å²) in [6.07, 6.45) is 8.49. The van der Waals surface area contributed by atoms with Crippen molar-refractivity contribution in [1.29, 1.82) is 0 Å². The average molecular weight is 543 g/mol. The van der Waals surface area contributed by atoms with Crippen LogP contribution in [0.1, 0.15) is 93.9 Å². The Morgan fingerprint density at radius 1 is 1.15 bits per heavy atom. The number of carbonyl (C=O) groups is 1. The van der Waals surface area contributed by atoms with E-state index in [0.29, 0.717) is 23.2 Å². The number of alkyl halides is 2. The quantitative estimate of drug-likeness (QED) is 0.309. The molecule has 11 heteroatoms. The number of hydrogen-bond acceptors (Lipinski definition) is 7. The van der Waals surface area contributed by atoms with Gasteiger partial charge in [0.05, 0.1) is 23.9 Å². The number of carbonyl (C=O) groups excluding carboxylic acids is 1. The molecule has 0 spiro atoms. The summed E-state index contributed by atoms with van der Waals surface area (Å²) in [6, 6.07) is 3.39. The summed E-state index contributed by atoms with van der Waals surface area (Å²) in [7, 11) is 0. The van der Waals surface area contributed by atoms with Gasteiger partial charge in [0, 0.05) is 18.0 Å². The molecule has 2 aliphatic carbocycles. The van der Waals surface area contributed by atoms with Crippen molar-refractivity contribution < 1.29 is 23.1 Å². The molecule has 3 aromatic heterocycles. The lowest BCUT2D eigenvalue weighted by atomic mass is 9.80. The van der Waals surface area contributed by atoms with Crippen LogP contribution in [0.15, 0.2) is 35.2 Å². The van der Waals surface area contributed by atoms with Gasteiger partial charge in [-0.05, 0) is 62.5 Å². The first-order chi connectivity index (χ1) is 18.8. The van der Waals surface area contributed by atoms with Crippen molar-refractivity contribution in [2.75, 3.05) is 10.6 Å². The van der Waals surface area contributed by atoms with Crippen LogP contribution in [0.5, 0.6) is 0 Å².